The number of aliphatic hydroxyl groups excluding tert-OH is 1. The van der Waals surface area contributed by atoms with Crippen LogP contribution in [0.1, 0.15) is 18.2 Å². The zero-order chi connectivity index (χ0) is 12.7. The minimum absolute atomic E-state index is 0.175. The van der Waals surface area contributed by atoms with E-state index in [0.29, 0.717) is 12.6 Å². The molecule has 0 saturated carbocycles. The number of hydrogen-bond donors (Lipinski definition) is 2. The Morgan fingerprint density at radius 1 is 1.50 bits per heavy atom. The zero-order valence-electron chi connectivity index (χ0n) is 10.4. The van der Waals surface area contributed by atoms with Crippen molar-refractivity contribution in [2.45, 2.75) is 25.9 Å². The number of aliphatic hydroxyl groups is 1. The smallest absolute Gasteiger partial charge is 0.123 e. The molecule has 1 aliphatic heterocycles. The van der Waals surface area contributed by atoms with Crippen molar-refractivity contribution in [3.63, 3.8) is 0 Å². The molecule has 0 fully saturated rings. The van der Waals surface area contributed by atoms with Crippen molar-refractivity contribution in [1.29, 1.82) is 0 Å². The molecule has 1 unspecified atom stereocenters. The Labute approximate surface area is 105 Å². The summed E-state index contributed by atoms with van der Waals surface area (Å²) in [5.41, 5.74) is 3.38. The summed E-state index contributed by atoms with van der Waals surface area (Å²) in [5.74, 6) is -0.185. The van der Waals surface area contributed by atoms with E-state index in [9.17, 15) is 4.39 Å². The molecule has 2 heterocycles. The third kappa shape index (κ3) is 1.82. The van der Waals surface area contributed by atoms with Gasteiger partial charge in [0.25, 0.3) is 0 Å². The molecule has 0 saturated heterocycles. The van der Waals surface area contributed by atoms with E-state index >= 15 is 0 Å². The topological polar surface area (TPSA) is 39.3 Å². The molecule has 0 bridgehead atoms. The van der Waals surface area contributed by atoms with Gasteiger partial charge in [-0.25, -0.2) is 4.39 Å². The quantitative estimate of drug-likeness (QED) is 0.853. The van der Waals surface area contributed by atoms with Gasteiger partial charge in [-0.1, -0.05) is 0 Å². The Morgan fingerprint density at radius 2 is 2.33 bits per heavy atom. The van der Waals surface area contributed by atoms with E-state index in [2.05, 4.69) is 16.8 Å². The standard InChI is InChI=1S/C14H17FN2O/c1-9-6-11-12-7-10(15)2-3-13(12)16-14(11)8-17(9)4-5-18/h2-3,7,9,16,18H,4-6,8H2,1H3. The number of β-amino-alcohol motifs (C(OH)–C–C–N with tert-alkyl or cyclic N) is 1. The maximum atomic E-state index is 13.3. The number of halogens is 1. The number of benzene rings is 1. The number of nitrogens with zero attached hydrogens (tertiary/aromatic N) is 1. The molecule has 2 aromatic rings. The highest BCUT2D eigenvalue weighted by Crippen LogP contribution is 2.30. The Bertz CT molecular complexity index is 578. The highest BCUT2D eigenvalue weighted by atomic mass is 19.1. The lowest BCUT2D eigenvalue weighted by atomic mass is 9.98. The third-order valence-corrected chi connectivity index (χ3v) is 3.83. The van der Waals surface area contributed by atoms with Gasteiger partial charge in [0.2, 0.25) is 0 Å². The molecule has 1 aliphatic rings. The zero-order valence-corrected chi connectivity index (χ0v) is 10.4. The van der Waals surface area contributed by atoms with Crippen molar-refractivity contribution in [2.24, 2.45) is 0 Å². The molecule has 1 atom stereocenters. The van der Waals surface area contributed by atoms with E-state index in [1.54, 1.807) is 12.1 Å². The first-order valence-electron chi connectivity index (χ1n) is 6.33. The number of fused-ring (bicyclic) bond motifs is 3. The second-order valence-electron chi connectivity index (χ2n) is 5.02. The molecule has 4 heteroatoms. The highest BCUT2D eigenvalue weighted by Gasteiger charge is 2.25. The number of H-pyrrole nitrogens is 1. The van der Waals surface area contributed by atoms with Gasteiger partial charge in [0.05, 0.1) is 6.61 Å². The number of hydrogen-bond acceptors (Lipinski definition) is 2. The van der Waals surface area contributed by atoms with Crippen LogP contribution in [0.25, 0.3) is 10.9 Å². The number of aromatic nitrogens is 1. The van der Waals surface area contributed by atoms with E-state index in [4.69, 9.17) is 5.11 Å². The van der Waals surface area contributed by atoms with E-state index in [0.717, 1.165) is 29.6 Å². The van der Waals surface area contributed by atoms with E-state index in [1.165, 1.54) is 11.6 Å². The van der Waals surface area contributed by atoms with Crippen LogP contribution in [0.4, 0.5) is 4.39 Å². The Hall–Kier alpha value is -1.39. The van der Waals surface area contributed by atoms with E-state index in [-0.39, 0.29) is 12.4 Å². The number of nitrogens with one attached hydrogen (secondary N) is 1. The lowest BCUT2D eigenvalue weighted by Crippen LogP contribution is -2.39. The highest BCUT2D eigenvalue weighted by molar-refractivity contribution is 5.85. The minimum atomic E-state index is -0.185. The predicted octanol–water partition coefficient (Wildman–Crippen LogP) is 2.05. The summed E-state index contributed by atoms with van der Waals surface area (Å²) in [7, 11) is 0. The van der Waals surface area contributed by atoms with Gasteiger partial charge in [-0.15, -0.1) is 0 Å². The predicted molar refractivity (Wildman–Crippen MR) is 68.9 cm³/mol. The van der Waals surface area contributed by atoms with Gasteiger partial charge in [-0.2, -0.15) is 0 Å². The fourth-order valence-electron chi connectivity index (χ4n) is 2.86. The molecule has 18 heavy (non-hydrogen) atoms. The fourth-order valence-corrected chi connectivity index (χ4v) is 2.86. The molecule has 0 amide bonds. The van der Waals surface area contributed by atoms with Gasteiger partial charge in [-0.05, 0) is 37.1 Å². The summed E-state index contributed by atoms with van der Waals surface area (Å²) in [6.07, 6.45) is 0.902. The lowest BCUT2D eigenvalue weighted by Gasteiger charge is -2.32. The Balaban J connectivity index is 2.05. The summed E-state index contributed by atoms with van der Waals surface area (Å²) < 4.78 is 13.3. The SMILES string of the molecule is CC1Cc2c([nH]c3ccc(F)cc23)CN1CCO. The van der Waals surface area contributed by atoms with E-state index < -0.39 is 0 Å². The molecule has 2 N–H and O–H groups in total. The average molecular weight is 248 g/mol. The van der Waals surface area contributed by atoms with Crippen LogP contribution in [-0.2, 0) is 13.0 Å². The monoisotopic (exact) mass is 248 g/mol. The Kier molecular flexibility index (Phi) is 2.84. The summed E-state index contributed by atoms with van der Waals surface area (Å²) in [4.78, 5) is 5.61. The molecule has 1 aromatic carbocycles. The average Bonchev–Trinajstić information content (AvgIpc) is 2.67. The van der Waals surface area contributed by atoms with Crippen LogP contribution in [0.2, 0.25) is 0 Å². The van der Waals surface area contributed by atoms with Crippen molar-refractivity contribution >= 4 is 10.9 Å². The van der Waals surface area contributed by atoms with Crippen LogP contribution in [0.5, 0.6) is 0 Å². The molecule has 0 radical (unpaired) electrons. The molecule has 3 rings (SSSR count). The summed E-state index contributed by atoms with van der Waals surface area (Å²) in [5, 5.41) is 10.1. The first-order chi connectivity index (χ1) is 8.69. The fraction of sp³-hybridized carbons (Fsp3) is 0.429. The first kappa shape index (κ1) is 11.7. The van der Waals surface area contributed by atoms with Gasteiger partial charge in [0.1, 0.15) is 5.82 Å². The normalized spacial score (nSPS) is 20.3. The second kappa shape index (κ2) is 4.37. The second-order valence-corrected chi connectivity index (χ2v) is 5.02. The van der Waals surface area contributed by atoms with Gasteiger partial charge in [0, 0.05) is 35.7 Å². The third-order valence-electron chi connectivity index (χ3n) is 3.83. The van der Waals surface area contributed by atoms with Crippen LogP contribution >= 0.6 is 0 Å². The molecular weight excluding hydrogens is 231 g/mol. The summed E-state index contributed by atoms with van der Waals surface area (Å²) in [6.45, 7) is 3.81. The summed E-state index contributed by atoms with van der Waals surface area (Å²) in [6, 6.07) is 5.27. The maximum absolute atomic E-state index is 13.3. The van der Waals surface area contributed by atoms with Gasteiger partial charge < -0.3 is 10.1 Å². The van der Waals surface area contributed by atoms with Crippen molar-refractivity contribution in [3.8, 4) is 0 Å². The van der Waals surface area contributed by atoms with E-state index in [1.807, 2.05) is 0 Å². The maximum Gasteiger partial charge on any atom is 0.123 e. The van der Waals surface area contributed by atoms with Crippen molar-refractivity contribution in [2.75, 3.05) is 13.2 Å². The van der Waals surface area contributed by atoms with Crippen LogP contribution in [0.3, 0.4) is 0 Å². The van der Waals surface area contributed by atoms with Gasteiger partial charge in [0.15, 0.2) is 0 Å². The molecule has 0 aliphatic carbocycles. The first-order valence-corrected chi connectivity index (χ1v) is 6.33. The van der Waals surface area contributed by atoms with Crippen molar-refractivity contribution in [3.05, 3.63) is 35.3 Å². The summed E-state index contributed by atoms with van der Waals surface area (Å²) >= 11 is 0. The Morgan fingerprint density at radius 3 is 3.11 bits per heavy atom. The molecule has 1 aromatic heterocycles. The molecular formula is C14H17FN2O. The molecule has 96 valence electrons. The van der Waals surface area contributed by atoms with Gasteiger partial charge >= 0.3 is 0 Å². The number of aromatic amines is 1. The van der Waals surface area contributed by atoms with Crippen LogP contribution < -0.4 is 0 Å². The minimum Gasteiger partial charge on any atom is -0.395 e. The van der Waals surface area contributed by atoms with Crippen molar-refractivity contribution in [1.82, 2.24) is 9.88 Å². The lowest BCUT2D eigenvalue weighted by molar-refractivity contribution is 0.140. The van der Waals surface area contributed by atoms with Crippen LogP contribution in [-0.4, -0.2) is 34.2 Å². The van der Waals surface area contributed by atoms with Crippen LogP contribution in [0.15, 0.2) is 18.2 Å². The molecule has 3 nitrogen and oxygen atoms in total. The van der Waals surface area contributed by atoms with Crippen molar-refractivity contribution < 1.29 is 9.50 Å². The number of rotatable bonds is 2. The largest absolute Gasteiger partial charge is 0.395 e. The molecule has 0 spiro atoms. The van der Waals surface area contributed by atoms with Gasteiger partial charge in [-0.3, -0.25) is 4.90 Å². The van der Waals surface area contributed by atoms with Crippen LogP contribution in [0, 0.1) is 5.82 Å².